The molecule has 1 amide bonds. The molecule has 0 atom stereocenters. The molecule has 0 radical (unpaired) electrons. The van der Waals surface area contributed by atoms with E-state index in [2.05, 4.69) is 15.2 Å². The number of carbonyl (C=O) groups excluding carboxylic acids is 1. The van der Waals surface area contributed by atoms with Crippen LogP contribution in [0.4, 0.5) is 18.9 Å². The van der Waals surface area contributed by atoms with Crippen LogP contribution in [-0.2, 0) is 4.79 Å². The number of nitrogens with zero attached hydrogens (tertiary/aromatic N) is 5. The maximum atomic E-state index is 13.4. The maximum absolute atomic E-state index is 13.4. The van der Waals surface area contributed by atoms with Gasteiger partial charge < -0.3 is 9.74 Å². The summed E-state index contributed by atoms with van der Waals surface area (Å²) in [6, 6.07) is 12.1. The number of carbonyl (C=O) groups is 1. The summed E-state index contributed by atoms with van der Waals surface area (Å²) in [6.07, 6.45) is -0.474. The normalized spacial score (nSPS) is 12.0. The minimum Gasteiger partial charge on any atom is -0.357 e. The Morgan fingerprint density at radius 1 is 1.24 bits per heavy atom. The Morgan fingerprint density at radius 2 is 2.00 bits per heavy atom. The predicted molar refractivity (Wildman–Crippen MR) is 127 cm³/mol. The summed E-state index contributed by atoms with van der Waals surface area (Å²) < 4.78 is 39.1. The highest BCUT2D eigenvalue weighted by Gasteiger charge is 2.28. The Bertz CT molecular complexity index is 1110. The fourth-order valence-electron chi connectivity index (χ4n) is 2.80. The second-order valence-electron chi connectivity index (χ2n) is 6.87. The molecule has 2 aromatic heterocycles. The molecule has 0 bridgehead atoms. The van der Waals surface area contributed by atoms with Gasteiger partial charge in [-0.1, -0.05) is 35.0 Å². The van der Waals surface area contributed by atoms with Crippen molar-refractivity contribution in [2.45, 2.75) is 19.5 Å². The van der Waals surface area contributed by atoms with Crippen LogP contribution in [0.5, 0.6) is 5.75 Å². The summed E-state index contributed by atoms with van der Waals surface area (Å²) in [7, 11) is 0. The highest BCUT2D eigenvalue weighted by atomic mass is 35.5. The average molecular weight is 512 g/mol. The molecule has 0 saturated heterocycles. The van der Waals surface area contributed by atoms with Crippen LogP contribution >= 0.6 is 23.4 Å². The first-order valence-corrected chi connectivity index (χ1v) is 11.7. The van der Waals surface area contributed by atoms with Gasteiger partial charge in [0.25, 0.3) is 5.91 Å². The molecular weight excluding hydrogens is 491 g/mol. The topological polar surface area (TPSA) is 72.6 Å². The van der Waals surface area contributed by atoms with Gasteiger partial charge in [-0.05, 0) is 31.2 Å². The first kappa shape index (κ1) is 25.6. The van der Waals surface area contributed by atoms with Gasteiger partial charge in [-0.25, -0.2) is 4.68 Å². The van der Waals surface area contributed by atoms with Crippen LogP contribution in [0.3, 0.4) is 0 Å². The van der Waals surface area contributed by atoms with Gasteiger partial charge in [0, 0.05) is 24.2 Å². The van der Waals surface area contributed by atoms with Crippen LogP contribution in [0.25, 0.3) is 5.69 Å². The van der Waals surface area contributed by atoms with Crippen molar-refractivity contribution in [3.63, 3.8) is 0 Å². The van der Waals surface area contributed by atoms with Gasteiger partial charge in [0.1, 0.15) is 5.69 Å². The van der Waals surface area contributed by atoms with Crippen molar-refractivity contribution in [1.29, 1.82) is 0 Å². The molecule has 3 rings (SSSR count). The Morgan fingerprint density at radius 3 is 2.65 bits per heavy atom. The Kier molecular flexibility index (Phi) is 8.94. The summed E-state index contributed by atoms with van der Waals surface area (Å²) in [6.45, 7) is 1.96. The van der Waals surface area contributed by atoms with E-state index >= 15 is 0 Å². The van der Waals surface area contributed by atoms with E-state index in [0.717, 1.165) is 11.8 Å². The number of oxime groups is 1. The molecule has 0 N–H and O–H groups in total. The molecule has 0 fully saturated rings. The lowest BCUT2D eigenvalue weighted by Gasteiger charge is -2.20. The van der Waals surface area contributed by atoms with E-state index in [0.29, 0.717) is 17.1 Å². The SMILES string of the molecule is CCN(C(=O)/C(CSCCC(F)(F)F)=N\Oc1ccccc1)c1cn(-c2cccnc2)nc1Cl. The van der Waals surface area contributed by atoms with E-state index < -0.39 is 18.5 Å². The van der Waals surface area contributed by atoms with E-state index in [1.165, 1.54) is 9.58 Å². The zero-order valence-electron chi connectivity index (χ0n) is 18.1. The van der Waals surface area contributed by atoms with Gasteiger partial charge in [-0.3, -0.25) is 9.78 Å². The molecule has 12 heteroatoms. The van der Waals surface area contributed by atoms with Crippen molar-refractivity contribution >= 4 is 40.7 Å². The molecule has 3 aromatic rings. The van der Waals surface area contributed by atoms with Crippen molar-refractivity contribution in [3.05, 3.63) is 66.2 Å². The van der Waals surface area contributed by atoms with Gasteiger partial charge in [0.2, 0.25) is 0 Å². The molecule has 7 nitrogen and oxygen atoms in total. The highest BCUT2D eigenvalue weighted by molar-refractivity contribution is 8.00. The lowest BCUT2D eigenvalue weighted by Crippen LogP contribution is -2.38. The average Bonchev–Trinajstić information content (AvgIpc) is 3.21. The van der Waals surface area contributed by atoms with Crippen molar-refractivity contribution in [2.75, 3.05) is 23.0 Å². The molecule has 0 saturated carbocycles. The van der Waals surface area contributed by atoms with Crippen molar-refractivity contribution < 1.29 is 22.8 Å². The summed E-state index contributed by atoms with van der Waals surface area (Å²) in [5.41, 5.74) is 0.914. The molecule has 0 aliphatic carbocycles. The molecule has 0 aliphatic heterocycles. The minimum atomic E-state index is -4.28. The van der Waals surface area contributed by atoms with Crippen LogP contribution in [0, 0.1) is 0 Å². The molecule has 0 aliphatic rings. The number of para-hydroxylation sites is 1. The number of pyridine rings is 1. The van der Waals surface area contributed by atoms with Gasteiger partial charge in [0.15, 0.2) is 16.6 Å². The standard InChI is InChI=1S/C22H21ClF3N5O2S/c1-2-30(19-14-31(28-20(19)23)16-7-6-11-27-13-16)21(32)18(15-34-12-10-22(24,25)26)29-33-17-8-4-3-5-9-17/h3-9,11,13-14H,2,10,12,15H2,1H3/b29-18-. The monoisotopic (exact) mass is 511 g/mol. The third kappa shape index (κ3) is 7.22. The van der Waals surface area contributed by atoms with Crippen LogP contribution in [-0.4, -0.2) is 50.6 Å². The van der Waals surface area contributed by atoms with E-state index in [9.17, 15) is 18.0 Å². The van der Waals surface area contributed by atoms with Gasteiger partial charge in [0.05, 0.1) is 24.5 Å². The van der Waals surface area contributed by atoms with Crippen LogP contribution < -0.4 is 9.74 Å². The van der Waals surface area contributed by atoms with Crippen molar-refractivity contribution in [1.82, 2.24) is 14.8 Å². The van der Waals surface area contributed by atoms with Crippen molar-refractivity contribution in [2.24, 2.45) is 5.16 Å². The Balaban J connectivity index is 1.83. The molecule has 34 heavy (non-hydrogen) atoms. The first-order chi connectivity index (χ1) is 16.3. The van der Waals surface area contributed by atoms with Crippen LogP contribution in [0.15, 0.2) is 66.2 Å². The quantitative estimate of drug-likeness (QED) is 0.207. The van der Waals surface area contributed by atoms with Gasteiger partial charge in [-0.15, -0.1) is 0 Å². The fraction of sp³-hybridized carbons (Fsp3) is 0.273. The number of thioether (sulfide) groups is 1. The summed E-state index contributed by atoms with van der Waals surface area (Å²) in [5.74, 6) is -0.455. The minimum absolute atomic E-state index is 0.0527. The lowest BCUT2D eigenvalue weighted by atomic mass is 10.3. The fourth-order valence-corrected chi connectivity index (χ4v) is 3.92. The molecule has 0 spiro atoms. The lowest BCUT2D eigenvalue weighted by molar-refractivity contribution is -0.129. The maximum Gasteiger partial charge on any atom is 0.389 e. The van der Waals surface area contributed by atoms with E-state index in [1.807, 2.05) is 0 Å². The number of amides is 1. The number of anilines is 1. The number of aromatic nitrogens is 3. The van der Waals surface area contributed by atoms with Crippen molar-refractivity contribution in [3.8, 4) is 11.4 Å². The van der Waals surface area contributed by atoms with Crippen LogP contribution in [0.1, 0.15) is 13.3 Å². The second kappa shape index (κ2) is 11.9. The highest BCUT2D eigenvalue weighted by Crippen LogP contribution is 2.27. The molecule has 180 valence electrons. The number of hydrogen-bond donors (Lipinski definition) is 0. The number of hydrogen-bond acceptors (Lipinski definition) is 6. The number of halogens is 4. The third-order valence-electron chi connectivity index (χ3n) is 4.43. The van der Waals surface area contributed by atoms with Gasteiger partial charge >= 0.3 is 6.18 Å². The number of benzene rings is 1. The first-order valence-electron chi connectivity index (χ1n) is 10.2. The molecule has 1 aromatic carbocycles. The summed E-state index contributed by atoms with van der Waals surface area (Å²) in [5, 5.41) is 8.27. The second-order valence-corrected chi connectivity index (χ2v) is 8.33. The number of alkyl halides is 3. The Labute approximate surface area is 203 Å². The summed E-state index contributed by atoms with van der Waals surface area (Å²) in [4.78, 5) is 24.1. The van der Waals surface area contributed by atoms with Crippen LogP contribution in [0.2, 0.25) is 5.15 Å². The zero-order valence-corrected chi connectivity index (χ0v) is 19.6. The number of rotatable bonds is 10. The molecule has 0 unspecified atom stereocenters. The smallest absolute Gasteiger partial charge is 0.357 e. The predicted octanol–water partition coefficient (Wildman–Crippen LogP) is 5.39. The summed E-state index contributed by atoms with van der Waals surface area (Å²) >= 11 is 7.26. The largest absolute Gasteiger partial charge is 0.389 e. The third-order valence-corrected chi connectivity index (χ3v) is 5.67. The van der Waals surface area contributed by atoms with E-state index in [4.69, 9.17) is 16.4 Å². The molecule has 2 heterocycles. The van der Waals surface area contributed by atoms with Gasteiger partial charge in [-0.2, -0.15) is 30.0 Å². The Hall–Kier alpha value is -3.05. The zero-order chi connectivity index (χ0) is 24.6. The van der Waals surface area contributed by atoms with E-state index in [-0.39, 0.29) is 28.9 Å². The van der Waals surface area contributed by atoms with E-state index in [1.54, 1.807) is 68.0 Å². The molecular formula is C22H21ClF3N5O2S.